The van der Waals surface area contributed by atoms with Gasteiger partial charge in [-0.05, 0) is 126 Å². The van der Waals surface area contributed by atoms with Crippen molar-refractivity contribution in [3.05, 3.63) is 0 Å². The fourth-order valence-corrected chi connectivity index (χ4v) is 8.57. The highest BCUT2D eigenvalue weighted by Gasteiger charge is 2.28. The Morgan fingerprint density at radius 1 is 0.407 bits per heavy atom. The molecule has 30 nitrogen and oxygen atoms in total. The van der Waals surface area contributed by atoms with E-state index in [9.17, 15) is 63.2 Å². The maximum atomic E-state index is 13.5. The second kappa shape index (κ2) is 50.9. The average molecular weight is 1300 g/mol. The van der Waals surface area contributed by atoms with E-state index in [0.717, 1.165) is 0 Å². The molecule has 522 valence electrons. The number of primary amides is 2. The van der Waals surface area contributed by atoms with Crippen LogP contribution >= 0.6 is 0 Å². The van der Waals surface area contributed by atoms with Crippen molar-refractivity contribution < 1.29 is 82.1 Å². The van der Waals surface area contributed by atoms with Crippen LogP contribution in [0.25, 0.3) is 0 Å². The van der Waals surface area contributed by atoms with Crippen molar-refractivity contribution in [2.24, 2.45) is 33.6 Å². The first-order chi connectivity index (χ1) is 43.1. The summed E-state index contributed by atoms with van der Waals surface area (Å²) in [6.45, 7) is 16.4. The molecule has 3 atom stereocenters. The minimum absolute atomic E-state index is 0.00352. The molecule has 0 aliphatic heterocycles. The predicted octanol–water partition coefficient (Wildman–Crippen LogP) is 0.833. The number of amides is 9. The highest BCUT2D eigenvalue weighted by atomic mass is 16.5. The van der Waals surface area contributed by atoms with Crippen molar-refractivity contribution >= 4 is 76.2 Å². The summed E-state index contributed by atoms with van der Waals surface area (Å²) in [5.74, 6) is -4.07. The van der Waals surface area contributed by atoms with Crippen LogP contribution in [0.2, 0.25) is 0 Å². The lowest BCUT2D eigenvalue weighted by molar-refractivity contribution is -0.129. The summed E-state index contributed by atoms with van der Waals surface area (Å²) in [5.41, 5.74) is 10.4. The van der Waals surface area contributed by atoms with Gasteiger partial charge in [-0.15, -0.1) is 0 Å². The topological polar surface area (TPSA) is 450 Å². The normalized spacial score (nSPS) is 12.9. The van der Waals surface area contributed by atoms with Gasteiger partial charge < -0.3 is 98.3 Å². The van der Waals surface area contributed by atoms with Gasteiger partial charge in [0.2, 0.25) is 53.2 Å². The highest BCUT2D eigenvalue weighted by Crippen LogP contribution is 2.17. The fraction of sp³-hybridized carbons (Fsp3) is 0.787. The molecule has 91 heavy (non-hydrogen) atoms. The Balaban J connectivity index is 4.68. The standard InChI is InChI=1S/C61H111N13O17/c1-43(75)24-26-47(57(62)83)17-9-12-29-65-55(81)41-90-37-36-89-34-32-67-56(82)42-91-38-35-88-33-31-66-52(78)21-15-20-51(77)64-28-14-11-19-50(59(85)68-30-13-10-18-48(58(63)84)27-25-44(2)76)72-54(80)23-16-22-53(79)71-49(39-69-60(5,6)45(3)73-86)40-70-61(7,8)46(4)74-87/h47-50,69-70,86-87H,9-42H2,1-8H3,(H2,62,83)(H2,63,84)(H,64,77)(H,65,81)(H,66,78)(H,67,82)(H,68,85)(H,71,79)(H,72,80)/b73-45+,74-46+/t47-,48-,50+/m1/s1. The number of rotatable bonds is 58. The van der Waals surface area contributed by atoms with Crippen LogP contribution in [0.5, 0.6) is 0 Å². The number of nitrogens with zero attached hydrogens (tertiary/aromatic N) is 2. The van der Waals surface area contributed by atoms with E-state index in [2.05, 4.69) is 58.2 Å². The number of nitrogens with one attached hydrogen (secondary N) is 9. The van der Waals surface area contributed by atoms with E-state index in [1.807, 2.05) is 27.7 Å². The third-order valence-corrected chi connectivity index (χ3v) is 15.0. The van der Waals surface area contributed by atoms with E-state index in [1.165, 1.54) is 13.8 Å². The zero-order valence-corrected chi connectivity index (χ0v) is 55.4. The molecule has 0 aromatic rings. The highest BCUT2D eigenvalue weighted by molar-refractivity contribution is 5.91. The smallest absolute Gasteiger partial charge is 0.246 e. The molecule has 0 aliphatic carbocycles. The Hall–Kier alpha value is -6.73. The van der Waals surface area contributed by atoms with Crippen molar-refractivity contribution in [1.82, 2.24) is 47.9 Å². The van der Waals surface area contributed by atoms with Crippen LogP contribution < -0.4 is 59.3 Å². The molecule has 0 saturated carbocycles. The molecule has 0 bridgehead atoms. The first kappa shape index (κ1) is 84.3. The number of unbranched alkanes of at least 4 members (excludes halogenated alkanes) is 3. The molecule has 15 N–H and O–H groups in total. The number of hydrogen-bond acceptors (Lipinski definition) is 21. The molecule has 0 unspecified atom stereocenters. The third-order valence-electron chi connectivity index (χ3n) is 15.0. The molecule has 0 aliphatic rings. The second-order valence-electron chi connectivity index (χ2n) is 23.7. The number of carbonyl (C=O) groups excluding carboxylic acids is 11. The van der Waals surface area contributed by atoms with Crippen LogP contribution in [-0.2, 0) is 71.7 Å². The predicted molar refractivity (Wildman–Crippen MR) is 341 cm³/mol. The maximum absolute atomic E-state index is 13.5. The molecule has 0 fully saturated rings. The third kappa shape index (κ3) is 46.1. The summed E-state index contributed by atoms with van der Waals surface area (Å²) in [4.78, 5) is 135. The molecule has 0 aromatic carbocycles. The van der Waals surface area contributed by atoms with Gasteiger partial charge in [0, 0.05) is 96.2 Å². The van der Waals surface area contributed by atoms with Gasteiger partial charge in [0.1, 0.15) is 30.8 Å². The van der Waals surface area contributed by atoms with Crippen molar-refractivity contribution in [3.63, 3.8) is 0 Å². The van der Waals surface area contributed by atoms with Gasteiger partial charge in [-0.3, -0.25) is 43.2 Å². The number of ether oxygens (including phenoxy) is 4. The number of ketones is 2. The van der Waals surface area contributed by atoms with Crippen LogP contribution in [0.1, 0.15) is 177 Å². The fourth-order valence-electron chi connectivity index (χ4n) is 8.57. The quantitative estimate of drug-likeness (QED) is 0.0174. The molecule has 0 aromatic heterocycles. The lowest BCUT2D eigenvalue weighted by Gasteiger charge is -2.32. The van der Waals surface area contributed by atoms with Crippen molar-refractivity contribution in [3.8, 4) is 0 Å². The van der Waals surface area contributed by atoms with E-state index >= 15 is 0 Å². The number of oxime groups is 2. The molecule has 0 heterocycles. The first-order valence-corrected chi connectivity index (χ1v) is 31.8. The van der Waals surface area contributed by atoms with Crippen molar-refractivity contribution in [1.29, 1.82) is 0 Å². The Labute approximate surface area is 537 Å². The number of Topliss-reactive ketones (excluding diaryl/α,β-unsaturated/α-hetero) is 2. The number of hydrogen-bond donors (Lipinski definition) is 13. The SMILES string of the molecule is CC(=O)CC[C@@H](CCCCNC(=O)COCCOCCNC(=O)COCCOCCNC(=O)CCCC(=O)NCCCC[C@H](NC(=O)CCCC(=O)NC(CNC(C)(C)/C(C)=N/O)CNC(C)(C)/C(C)=N/O)C(=O)NCCCC[C@H](CCC(C)=O)C(N)=O)C(N)=O. The molecule has 9 amide bonds. The van der Waals surface area contributed by atoms with E-state index in [0.29, 0.717) is 102 Å². The molecule has 30 heteroatoms. The van der Waals surface area contributed by atoms with Crippen LogP contribution in [0.15, 0.2) is 10.3 Å². The summed E-state index contributed by atoms with van der Waals surface area (Å²) in [5, 5.41) is 51.5. The summed E-state index contributed by atoms with van der Waals surface area (Å²) < 4.78 is 21.5. The van der Waals surface area contributed by atoms with E-state index in [-0.39, 0.29) is 178 Å². The van der Waals surface area contributed by atoms with Crippen molar-refractivity contribution in [2.45, 2.75) is 201 Å². The largest absolute Gasteiger partial charge is 0.411 e. The summed E-state index contributed by atoms with van der Waals surface area (Å²) >= 11 is 0. The van der Waals surface area contributed by atoms with Crippen LogP contribution in [0, 0.1) is 11.8 Å². The second-order valence-corrected chi connectivity index (χ2v) is 23.7. The zero-order valence-electron chi connectivity index (χ0n) is 55.4. The maximum Gasteiger partial charge on any atom is 0.246 e. The summed E-state index contributed by atoms with van der Waals surface area (Å²) in [6, 6.07) is -1.39. The monoisotopic (exact) mass is 1300 g/mol. The van der Waals surface area contributed by atoms with Gasteiger partial charge in [-0.1, -0.05) is 23.2 Å². The minimum atomic E-state index is -0.922. The first-order valence-electron chi connectivity index (χ1n) is 31.8. The van der Waals surface area contributed by atoms with Gasteiger partial charge in [-0.2, -0.15) is 0 Å². The zero-order chi connectivity index (χ0) is 68.5. The van der Waals surface area contributed by atoms with Crippen molar-refractivity contribution in [2.75, 3.05) is 98.7 Å². The number of carbonyl (C=O) groups is 11. The van der Waals surface area contributed by atoms with Gasteiger partial charge in [0.15, 0.2) is 0 Å². The molecule has 0 spiro atoms. The molecule has 0 saturated heterocycles. The lowest BCUT2D eigenvalue weighted by Crippen LogP contribution is -2.57. The number of nitrogens with two attached hydrogens (primary N) is 2. The molecule has 0 rings (SSSR count). The average Bonchev–Trinajstić information content (AvgIpc) is 3.70. The Morgan fingerprint density at radius 2 is 0.769 bits per heavy atom. The molecular weight excluding hydrogens is 1190 g/mol. The van der Waals surface area contributed by atoms with Gasteiger partial charge >= 0.3 is 0 Å². The van der Waals surface area contributed by atoms with E-state index in [1.54, 1.807) is 13.8 Å². The van der Waals surface area contributed by atoms with E-state index < -0.39 is 52.7 Å². The minimum Gasteiger partial charge on any atom is -0.411 e. The van der Waals surface area contributed by atoms with Crippen LogP contribution in [0.4, 0.5) is 0 Å². The van der Waals surface area contributed by atoms with Gasteiger partial charge in [-0.25, -0.2) is 0 Å². The van der Waals surface area contributed by atoms with Crippen LogP contribution in [-0.4, -0.2) is 208 Å². The van der Waals surface area contributed by atoms with Gasteiger partial charge in [0.05, 0.1) is 68.2 Å². The van der Waals surface area contributed by atoms with Gasteiger partial charge in [0.25, 0.3) is 0 Å². The lowest BCUT2D eigenvalue weighted by atomic mass is 9.95. The van der Waals surface area contributed by atoms with E-state index in [4.69, 9.17) is 30.4 Å². The Kier molecular flexibility index (Phi) is 47.1. The summed E-state index contributed by atoms with van der Waals surface area (Å²) in [6.07, 6.45) is 6.61. The molecular formula is C61H111N13O17. The Morgan fingerprint density at radius 3 is 1.19 bits per heavy atom. The molecule has 0 radical (unpaired) electrons. The van der Waals surface area contributed by atoms with Crippen LogP contribution in [0.3, 0.4) is 0 Å². The Bertz CT molecular complexity index is 2240. The summed E-state index contributed by atoms with van der Waals surface area (Å²) in [7, 11) is 0.